The highest BCUT2D eigenvalue weighted by atomic mass is 35.7. The van der Waals surface area contributed by atoms with Crippen molar-refractivity contribution in [3.8, 4) is 5.75 Å². The van der Waals surface area contributed by atoms with Crippen molar-refractivity contribution in [2.24, 2.45) is 0 Å². The average Bonchev–Trinajstić information content (AvgIpc) is 2.46. The highest BCUT2D eigenvalue weighted by Gasteiger charge is 2.45. The lowest BCUT2D eigenvalue weighted by Gasteiger charge is -2.39. The summed E-state index contributed by atoms with van der Waals surface area (Å²) in [7, 11) is 1.38. The van der Waals surface area contributed by atoms with Crippen LogP contribution in [0.3, 0.4) is 0 Å². The van der Waals surface area contributed by atoms with Gasteiger partial charge in [0, 0.05) is 36.6 Å². The number of ether oxygens (including phenoxy) is 1. The van der Waals surface area contributed by atoms with Gasteiger partial charge in [0.1, 0.15) is 11.4 Å². The first-order chi connectivity index (χ1) is 10.9. The van der Waals surface area contributed by atoms with Gasteiger partial charge in [0.25, 0.3) is 9.05 Å². The summed E-state index contributed by atoms with van der Waals surface area (Å²) < 4.78 is 65.4. The zero-order chi connectivity index (χ0) is 18.2. The van der Waals surface area contributed by atoms with E-state index < -0.39 is 26.7 Å². The largest absolute Gasteiger partial charge is 0.487 e. The Bertz CT molecular complexity index is 711. The summed E-state index contributed by atoms with van der Waals surface area (Å²) in [6.07, 6.45) is -4.42. The van der Waals surface area contributed by atoms with Crippen LogP contribution in [0.25, 0.3) is 0 Å². The molecule has 2 rings (SSSR count). The van der Waals surface area contributed by atoms with E-state index in [1.807, 2.05) is 0 Å². The molecule has 1 aromatic rings. The average molecular weight is 386 g/mol. The molecule has 5 nitrogen and oxygen atoms in total. The lowest BCUT2D eigenvalue weighted by atomic mass is 9.93. The Kier molecular flexibility index (Phi) is 5.06. The molecule has 0 spiro atoms. The molecule has 10 heteroatoms. The maximum Gasteiger partial charge on any atom is 0.471 e. The van der Waals surface area contributed by atoms with E-state index in [0.717, 1.165) is 4.90 Å². The van der Waals surface area contributed by atoms with Crippen molar-refractivity contribution in [1.29, 1.82) is 0 Å². The van der Waals surface area contributed by atoms with Crippen LogP contribution in [0.5, 0.6) is 5.75 Å². The van der Waals surface area contributed by atoms with Gasteiger partial charge < -0.3 is 9.64 Å². The Hall–Kier alpha value is -1.48. The summed E-state index contributed by atoms with van der Waals surface area (Å²) in [6.45, 7) is 1.60. The smallest absolute Gasteiger partial charge is 0.471 e. The summed E-state index contributed by atoms with van der Waals surface area (Å²) in [5.74, 6) is -1.47. The number of piperidine rings is 1. The molecule has 134 valence electrons. The van der Waals surface area contributed by atoms with Crippen LogP contribution in [0.4, 0.5) is 13.2 Å². The van der Waals surface area contributed by atoms with Crippen LogP contribution in [-0.2, 0) is 13.8 Å². The zero-order valence-electron chi connectivity index (χ0n) is 12.6. The summed E-state index contributed by atoms with van der Waals surface area (Å²) in [6, 6.07) is 5.41. The first-order valence-corrected chi connectivity index (χ1v) is 9.31. The Morgan fingerprint density at radius 2 is 1.71 bits per heavy atom. The number of hydrogen-bond acceptors (Lipinski definition) is 4. The van der Waals surface area contributed by atoms with Gasteiger partial charge in [0.05, 0.1) is 4.90 Å². The molecule has 1 saturated heterocycles. The monoisotopic (exact) mass is 385 g/mol. The van der Waals surface area contributed by atoms with Gasteiger partial charge in [-0.15, -0.1) is 0 Å². The Morgan fingerprint density at radius 1 is 1.21 bits per heavy atom. The second-order valence-electron chi connectivity index (χ2n) is 5.75. The standard InChI is InChI=1S/C14H15ClF3NO4S/c1-13(6-8-19(9-7-13)12(20)14(16,17)18)23-10-2-4-11(5-3-10)24(15,21)22/h2-5H,6-9H2,1H3. The molecule has 0 radical (unpaired) electrons. The van der Waals surface area contributed by atoms with Gasteiger partial charge in [-0.05, 0) is 31.2 Å². The zero-order valence-corrected chi connectivity index (χ0v) is 14.2. The molecule has 1 aromatic carbocycles. The molecular formula is C14H15ClF3NO4S. The van der Waals surface area contributed by atoms with Gasteiger partial charge in [0.2, 0.25) is 0 Å². The van der Waals surface area contributed by atoms with Gasteiger partial charge in [-0.2, -0.15) is 13.2 Å². The Labute approximate surface area is 141 Å². The molecular weight excluding hydrogens is 371 g/mol. The Balaban J connectivity index is 2.00. The predicted octanol–water partition coefficient (Wildman–Crippen LogP) is 2.94. The van der Waals surface area contributed by atoms with E-state index in [0.29, 0.717) is 5.75 Å². The number of likely N-dealkylation sites (tertiary alicyclic amines) is 1. The first-order valence-electron chi connectivity index (χ1n) is 7.01. The van der Waals surface area contributed by atoms with E-state index in [1.165, 1.54) is 24.3 Å². The molecule has 0 N–H and O–H groups in total. The van der Waals surface area contributed by atoms with Crippen molar-refractivity contribution >= 4 is 25.6 Å². The molecule has 1 fully saturated rings. The van der Waals surface area contributed by atoms with Crippen LogP contribution < -0.4 is 4.74 Å². The predicted molar refractivity (Wildman–Crippen MR) is 80.4 cm³/mol. The van der Waals surface area contributed by atoms with Crippen LogP contribution in [-0.4, -0.2) is 44.1 Å². The molecule has 1 heterocycles. The maximum absolute atomic E-state index is 12.4. The topological polar surface area (TPSA) is 63.7 Å². The number of alkyl halides is 3. The van der Waals surface area contributed by atoms with E-state index in [1.54, 1.807) is 6.92 Å². The van der Waals surface area contributed by atoms with Crippen LogP contribution >= 0.6 is 10.7 Å². The minimum Gasteiger partial charge on any atom is -0.487 e. The lowest BCUT2D eigenvalue weighted by Crippen LogP contribution is -2.51. The fraction of sp³-hybridized carbons (Fsp3) is 0.500. The molecule has 1 amide bonds. The van der Waals surface area contributed by atoms with Crippen LogP contribution in [0.15, 0.2) is 29.2 Å². The van der Waals surface area contributed by atoms with E-state index in [4.69, 9.17) is 15.4 Å². The van der Waals surface area contributed by atoms with E-state index in [-0.39, 0.29) is 30.8 Å². The van der Waals surface area contributed by atoms with E-state index in [2.05, 4.69) is 0 Å². The van der Waals surface area contributed by atoms with Crippen molar-refractivity contribution in [1.82, 2.24) is 4.90 Å². The minimum absolute atomic E-state index is 0.0665. The van der Waals surface area contributed by atoms with Crippen LogP contribution in [0, 0.1) is 0 Å². The molecule has 0 aliphatic carbocycles. The summed E-state index contributed by atoms with van der Waals surface area (Å²) >= 11 is 0. The van der Waals surface area contributed by atoms with Crippen molar-refractivity contribution in [2.45, 2.75) is 36.4 Å². The quantitative estimate of drug-likeness (QED) is 0.750. The van der Waals surface area contributed by atoms with E-state index in [9.17, 15) is 26.4 Å². The number of carbonyl (C=O) groups is 1. The SMILES string of the molecule is CC1(Oc2ccc(S(=O)(=O)Cl)cc2)CCN(C(=O)C(F)(F)F)CC1. The molecule has 1 aliphatic heterocycles. The van der Waals surface area contributed by atoms with Crippen molar-refractivity contribution in [3.05, 3.63) is 24.3 Å². The molecule has 0 unspecified atom stereocenters. The van der Waals surface area contributed by atoms with Crippen molar-refractivity contribution < 1.29 is 31.1 Å². The summed E-state index contributed by atoms with van der Waals surface area (Å²) in [5, 5.41) is 0. The minimum atomic E-state index is -4.88. The van der Waals surface area contributed by atoms with Crippen molar-refractivity contribution in [3.63, 3.8) is 0 Å². The third kappa shape index (κ3) is 4.54. The number of carbonyl (C=O) groups excluding carboxylic acids is 1. The number of hydrogen-bond donors (Lipinski definition) is 0. The van der Waals surface area contributed by atoms with Crippen LogP contribution in [0.1, 0.15) is 19.8 Å². The van der Waals surface area contributed by atoms with Gasteiger partial charge in [-0.25, -0.2) is 8.42 Å². The molecule has 0 saturated carbocycles. The van der Waals surface area contributed by atoms with Gasteiger partial charge in [-0.3, -0.25) is 4.79 Å². The fourth-order valence-electron chi connectivity index (χ4n) is 2.42. The maximum atomic E-state index is 12.4. The van der Waals surface area contributed by atoms with E-state index >= 15 is 0 Å². The molecule has 0 atom stereocenters. The Morgan fingerprint density at radius 3 is 2.12 bits per heavy atom. The van der Waals surface area contributed by atoms with Gasteiger partial charge >= 0.3 is 12.1 Å². The number of nitrogens with zero attached hydrogens (tertiary/aromatic N) is 1. The fourth-order valence-corrected chi connectivity index (χ4v) is 3.19. The van der Waals surface area contributed by atoms with Gasteiger partial charge in [-0.1, -0.05) is 0 Å². The molecule has 1 aliphatic rings. The number of amides is 1. The van der Waals surface area contributed by atoms with Crippen molar-refractivity contribution in [2.75, 3.05) is 13.1 Å². The second kappa shape index (κ2) is 6.44. The van der Waals surface area contributed by atoms with Gasteiger partial charge in [0.15, 0.2) is 0 Å². The number of rotatable bonds is 3. The number of benzene rings is 1. The third-order valence-corrected chi connectivity index (χ3v) is 5.19. The first kappa shape index (κ1) is 18.9. The normalized spacial score (nSPS) is 18.3. The lowest BCUT2D eigenvalue weighted by molar-refractivity contribution is -0.188. The second-order valence-corrected chi connectivity index (χ2v) is 8.32. The molecule has 24 heavy (non-hydrogen) atoms. The third-order valence-electron chi connectivity index (χ3n) is 3.82. The molecule has 0 bridgehead atoms. The summed E-state index contributed by atoms with van der Waals surface area (Å²) in [4.78, 5) is 11.9. The summed E-state index contributed by atoms with van der Waals surface area (Å²) in [5.41, 5.74) is -0.746. The number of halogens is 4. The molecule has 0 aromatic heterocycles. The highest BCUT2D eigenvalue weighted by Crippen LogP contribution is 2.31. The highest BCUT2D eigenvalue weighted by molar-refractivity contribution is 8.13. The van der Waals surface area contributed by atoms with Crippen LogP contribution in [0.2, 0.25) is 0 Å².